The van der Waals surface area contributed by atoms with Gasteiger partial charge in [0.05, 0.1) is 0 Å². The maximum absolute atomic E-state index is 4.81. The molecular weight excluding hydrogens is 370 g/mol. The minimum atomic E-state index is -0.106. The number of hydrogen-bond acceptors (Lipinski definition) is 0. The van der Waals surface area contributed by atoms with Crippen molar-refractivity contribution in [3.8, 4) is 0 Å². The van der Waals surface area contributed by atoms with Crippen LogP contribution in [0.1, 0.15) is 51.4 Å². The third-order valence-electron chi connectivity index (χ3n) is 2.67. The van der Waals surface area contributed by atoms with Crippen molar-refractivity contribution >= 4 is 19.1 Å². The summed E-state index contributed by atoms with van der Waals surface area (Å²) in [7, 11) is 9.63. The molecule has 3 heteroatoms. The molecule has 0 amide bonds. The minimum absolute atomic E-state index is 0.106. The molecule has 0 saturated heterocycles. The van der Waals surface area contributed by atoms with Crippen molar-refractivity contribution in [2.24, 2.45) is 0 Å². The normalized spacial score (nSPS) is 21.4. The quantitative estimate of drug-likeness (QED) is 0.316. The Morgan fingerprint density at radius 2 is 0.526 bits per heavy atom. The zero-order valence-corrected chi connectivity index (χ0v) is 14.4. The molecule has 0 atom stereocenters. The van der Waals surface area contributed by atoms with Crippen molar-refractivity contribution < 1.29 is 15.9 Å². The van der Waals surface area contributed by atoms with Crippen molar-refractivity contribution in [1.29, 1.82) is 0 Å². The number of halogens is 2. The third-order valence-corrected chi connectivity index (χ3v) is 2.67. The van der Waals surface area contributed by atoms with Crippen LogP contribution < -0.4 is 0 Å². The van der Waals surface area contributed by atoms with Gasteiger partial charge in [-0.15, -0.1) is 0 Å². The molecule has 0 N–H and O–H groups in total. The molecule has 0 aliphatic heterocycles. The van der Waals surface area contributed by atoms with Crippen LogP contribution in [-0.4, -0.2) is 0 Å². The molecule has 2 aliphatic rings. The second kappa shape index (κ2) is 18.2. The standard InChI is InChI=1S/2C8H12.2ClH.Pd/c2*1-2-4-6-8-7-5-3-1;;;/h2*1-2,7-8H,3-6H2;2*1H;/q;;;;+2/p-2/b2*2-1-,8-7?;;;. The van der Waals surface area contributed by atoms with E-state index in [9.17, 15) is 0 Å². The molecule has 0 spiro atoms. The summed E-state index contributed by atoms with van der Waals surface area (Å²) in [5, 5.41) is 0. The molecule has 0 nitrogen and oxygen atoms in total. The van der Waals surface area contributed by atoms with E-state index >= 15 is 0 Å². The van der Waals surface area contributed by atoms with E-state index in [1.807, 2.05) is 0 Å². The fraction of sp³-hybridized carbons (Fsp3) is 0.500. The Bertz CT molecular complexity index is 200. The Kier molecular flexibility index (Phi) is 18.4. The van der Waals surface area contributed by atoms with Gasteiger partial charge in [0, 0.05) is 0 Å². The summed E-state index contributed by atoms with van der Waals surface area (Å²) in [6.45, 7) is 0. The number of rotatable bonds is 0. The molecule has 0 heterocycles. The average Bonchev–Trinajstić information content (AvgIpc) is 2.28. The third kappa shape index (κ3) is 18.2. The summed E-state index contributed by atoms with van der Waals surface area (Å²) in [6.07, 6.45) is 28.0. The van der Waals surface area contributed by atoms with Crippen molar-refractivity contribution in [1.82, 2.24) is 0 Å². The van der Waals surface area contributed by atoms with Crippen LogP contribution in [-0.2, 0) is 15.9 Å². The molecular formula is C16H24Cl2Pd. The van der Waals surface area contributed by atoms with Crippen LogP contribution >= 0.6 is 19.1 Å². The van der Waals surface area contributed by atoms with Crippen molar-refractivity contribution in [3.05, 3.63) is 48.6 Å². The van der Waals surface area contributed by atoms with E-state index in [1.54, 1.807) is 0 Å². The molecule has 0 fully saturated rings. The molecule has 19 heavy (non-hydrogen) atoms. The Labute approximate surface area is 134 Å². The van der Waals surface area contributed by atoms with Gasteiger partial charge in [-0.3, -0.25) is 0 Å². The summed E-state index contributed by atoms with van der Waals surface area (Å²) in [4.78, 5) is 0. The second-order valence-corrected chi connectivity index (χ2v) is 6.60. The summed E-state index contributed by atoms with van der Waals surface area (Å²) in [5.41, 5.74) is 0. The van der Waals surface area contributed by atoms with Gasteiger partial charge in [0.1, 0.15) is 0 Å². The van der Waals surface area contributed by atoms with Gasteiger partial charge in [-0.2, -0.15) is 0 Å². The van der Waals surface area contributed by atoms with E-state index in [2.05, 4.69) is 48.6 Å². The van der Waals surface area contributed by atoms with E-state index in [-0.39, 0.29) is 15.9 Å². The van der Waals surface area contributed by atoms with Crippen LogP contribution in [0, 0.1) is 0 Å². The first kappa shape index (κ1) is 19.2. The average molecular weight is 394 g/mol. The fourth-order valence-corrected chi connectivity index (χ4v) is 1.71. The Morgan fingerprint density at radius 1 is 0.421 bits per heavy atom. The van der Waals surface area contributed by atoms with Gasteiger partial charge < -0.3 is 0 Å². The maximum atomic E-state index is 4.81. The first-order valence-corrected chi connectivity index (χ1v) is 10.8. The van der Waals surface area contributed by atoms with Crippen LogP contribution in [0.4, 0.5) is 0 Å². The van der Waals surface area contributed by atoms with Crippen LogP contribution in [0.3, 0.4) is 0 Å². The zero-order chi connectivity index (χ0) is 14.0. The van der Waals surface area contributed by atoms with Crippen molar-refractivity contribution in [2.45, 2.75) is 51.4 Å². The SMILES string of the molecule is C1=CCC/C=C\CC1.C1=CCC/C=C\CC1.[Cl][Pd][Cl]. The molecule has 0 aromatic carbocycles. The van der Waals surface area contributed by atoms with E-state index in [4.69, 9.17) is 19.1 Å². The molecule has 0 saturated carbocycles. The van der Waals surface area contributed by atoms with Crippen LogP contribution in [0.2, 0.25) is 0 Å². The Hall–Kier alpha value is 0.202. The predicted octanol–water partition coefficient (Wildman–Crippen LogP) is 6.72. The van der Waals surface area contributed by atoms with Gasteiger partial charge in [0.25, 0.3) is 0 Å². The molecule has 0 bridgehead atoms. The monoisotopic (exact) mass is 392 g/mol. The Balaban J connectivity index is 0.000000284. The fourth-order valence-electron chi connectivity index (χ4n) is 1.71. The molecule has 0 radical (unpaired) electrons. The second-order valence-electron chi connectivity index (χ2n) is 4.24. The van der Waals surface area contributed by atoms with Crippen LogP contribution in [0.15, 0.2) is 48.6 Å². The molecule has 0 aromatic heterocycles. The van der Waals surface area contributed by atoms with E-state index in [0.717, 1.165) is 0 Å². The van der Waals surface area contributed by atoms with Gasteiger partial charge in [-0.05, 0) is 51.4 Å². The topological polar surface area (TPSA) is 0 Å². The molecule has 2 aliphatic carbocycles. The summed E-state index contributed by atoms with van der Waals surface area (Å²) < 4.78 is 0. The predicted molar refractivity (Wildman–Crippen MR) is 85.2 cm³/mol. The molecule has 0 aromatic rings. The number of allylic oxidation sites excluding steroid dienone is 8. The zero-order valence-electron chi connectivity index (χ0n) is 11.3. The van der Waals surface area contributed by atoms with Gasteiger partial charge in [-0.1, -0.05) is 48.6 Å². The van der Waals surface area contributed by atoms with Gasteiger partial charge in [0.2, 0.25) is 0 Å². The van der Waals surface area contributed by atoms with Gasteiger partial charge in [-0.25, -0.2) is 0 Å². The van der Waals surface area contributed by atoms with Crippen molar-refractivity contribution in [3.63, 3.8) is 0 Å². The molecule has 0 unspecified atom stereocenters. The Morgan fingerprint density at radius 3 is 0.632 bits per heavy atom. The first-order valence-electron chi connectivity index (χ1n) is 6.84. The molecule has 112 valence electrons. The van der Waals surface area contributed by atoms with Crippen molar-refractivity contribution in [2.75, 3.05) is 0 Å². The first-order chi connectivity index (χ1) is 9.41. The van der Waals surface area contributed by atoms with Gasteiger partial charge >= 0.3 is 35.0 Å². The van der Waals surface area contributed by atoms with E-state index in [1.165, 1.54) is 51.4 Å². The van der Waals surface area contributed by atoms with Crippen LogP contribution in [0.25, 0.3) is 0 Å². The summed E-state index contributed by atoms with van der Waals surface area (Å²) in [5.74, 6) is 0. The number of hydrogen-bond donors (Lipinski definition) is 0. The van der Waals surface area contributed by atoms with E-state index < -0.39 is 0 Å². The molecule has 2 rings (SSSR count). The summed E-state index contributed by atoms with van der Waals surface area (Å²) >= 11 is -0.106. The van der Waals surface area contributed by atoms with Gasteiger partial charge in [0.15, 0.2) is 0 Å². The van der Waals surface area contributed by atoms with E-state index in [0.29, 0.717) is 0 Å². The van der Waals surface area contributed by atoms with Crippen LogP contribution in [0.5, 0.6) is 0 Å². The summed E-state index contributed by atoms with van der Waals surface area (Å²) in [6, 6.07) is 0.